The van der Waals surface area contributed by atoms with Crippen LogP contribution >= 0.6 is 0 Å². The topological polar surface area (TPSA) is 94.6 Å². The number of carbonyl (C=O) groups excluding carboxylic acids is 3. The molecule has 3 heterocycles. The monoisotopic (exact) mass is 702 g/mol. The molecule has 1 saturated carbocycles. The van der Waals surface area contributed by atoms with Crippen molar-refractivity contribution < 1.29 is 42.1 Å². The molecule has 0 radical (unpaired) electrons. The molecule has 3 aromatic rings. The molecule has 0 N–H and O–H groups in total. The zero-order chi connectivity index (χ0) is 35.9. The molecule has 270 valence electrons. The van der Waals surface area contributed by atoms with Crippen LogP contribution in [0.2, 0.25) is 0 Å². The molecule has 9 nitrogen and oxygen atoms in total. The van der Waals surface area contributed by atoms with Crippen LogP contribution in [0.1, 0.15) is 76.3 Å². The highest BCUT2D eigenvalue weighted by atomic mass is 19.3. The van der Waals surface area contributed by atoms with Crippen molar-refractivity contribution in [1.82, 2.24) is 4.90 Å². The molecule has 1 aliphatic carbocycles. The number of carbonyl (C=O) groups is 3. The Bertz CT molecular complexity index is 1780. The third-order valence-electron chi connectivity index (χ3n) is 9.88. The second-order valence-corrected chi connectivity index (χ2v) is 14.9. The van der Waals surface area contributed by atoms with Crippen LogP contribution in [-0.4, -0.2) is 66.4 Å². The Hall–Kier alpha value is -4.51. The molecule has 2 saturated heterocycles. The van der Waals surface area contributed by atoms with Crippen LogP contribution in [0, 0.1) is 5.92 Å². The van der Waals surface area contributed by atoms with Gasteiger partial charge in [-0.3, -0.25) is 9.59 Å². The second-order valence-electron chi connectivity index (χ2n) is 14.9. The quantitative estimate of drug-likeness (QED) is 0.247. The van der Waals surface area contributed by atoms with Crippen LogP contribution in [0.3, 0.4) is 0 Å². The number of likely N-dealkylation sites (tertiary alicyclic amines) is 1. The molecule has 0 aromatic heterocycles. The van der Waals surface area contributed by atoms with Gasteiger partial charge >= 0.3 is 12.2 Å². The van der Waals surface area contributed by atoms with E-state index < -0.39 is 35.9 Å². The van der Waals surface area contributed by atoms with Gasteiger partial charge in [-0.1, -0.05) is 36.4 Å². The minimum atomic E-state index is -3.88. The van der Waals surface area contributed by atoms with E-state index in [4.69, 9.17) is 18.9 Å². The van der Waals surface area contributed by atoms with Crippen molar-refractivity contribution in [1.29, 1.82) is 0 Å². The van der Waals surface area contributed by atoms with Crippen LogP contribution in [0.5, 0.6) is 11.5 Å². The predicted molar refractivity (Wildman–Crippen MR) is 186 cm³/mol. The number of ether oxygens (including phenoxy) is 4. The van der Waals surface area contributed by atoms with Crippen LogP contribution in [0.4, 0.5) is 19.3 Å². The van der Waals surface area contributed by atoms with Gasteiger partial charge in [-0.15, -0.1) is 0 Å². The van der Waals surface area contributed by atoms with Crippen molar-refractivity contribution in [2.45, 2.75) is 95.7 Å². The third-order valence-corrected chi connectivity index (χ3v) is 9.88. The predicted octanol–water partition coefficient (Wildman–Crippen LogP) is 7.89. The van der Waals surface area contributed by atoms with Gasteiger partial charge in [0.05, 0.1) is 12.5 Å². The van der Waals surface area contributed by atoms with Gasteiger partial charge in [-0.2, -0.15) is 8.78 Å². The minimum absolute atomic E-state index is 0.0723. The zero-order valence-corrected chi connectivity index (χ0v) is 29.2. The first kappa shape index (κ1) is 34.9. The summed E-state index contributed by atoms with van der Waals surface area (Å²) < 4.78 is 50.2. The van der Waals surface area contributed by atoms with E-state index in [-0.39, 0.29) is 36.5 Å². The summed E-state index contributed by atoms with van der Waals surface area (Å²) in [7, 11) is 0. The van der Waals surface area contributed by atoms with E-state index in [2.05, 4.69) is 6.07 Å². The average Bonchev–Trinajstić information content (AvgIpc) is 3.94. The molecular weight excluding hydrogens is 658 g/mol. The molecule has 3 aliphatic heterocycles. The minimum Gasteiger partial charge on any atom is -0.465 e. The van der Waals surface area contributed by atoms with Crippen molar-refractivity contribution in [3.05, 3.63) is 77.9 Å². The van der Waals surface area contributed by atoms with Crippen LogP contribution in [-0.2, 0) is 25.5 Å². The Morgan fingerprint density at radius 3 is 2.43 bits per heavy atom. The average molecular weight is 703 g/mol. The summed E-state index contributed by atoms with van der Waals surface area (Å²) >= 11 is 0. The number of benzene rings is 3. The van der Waals surface area contributed by atoms with Crippen LogP contribution in [0.15, 0.2) is 66.7 Å². The van der Waals surface area contributed by atoms with Crippen molar-refractivity contribution >= 4 is 23.5 Å². The van der Waals surface area contributed by atoms with E-state index in [1.54, 1.807) is 21.9 Å². The number of anilines is 1. The Morgan fingerprint density at radius 2 is 1.73 bits per heavy atom. The van der Waals surface area contributed by atoms with Gasteiger partial charge in [0.15, 0.2) is 6.29 Å². The fraction of sp³-hybridized carbons (Fsp3) is 0.475. The maximum Gasteiger partial charge on any atom is 0.461 e. The first-order valence-corrected chi connectivity index (χ1v) is 17.9. The number of fused-ring (bicyclic) bond motifs is 1. The van der Waals surface area contributed by atoms with E-state index in [0.717, 1.165) is 54.5 Å². The smallest absolute Gasteiger partial charge is 0.461 e. The number of amides is 2. The fourth-order valence-corrected chi connectivity index (χ4v) is 7.18. The molecule has 4 aliphatic rings. The standard InChI is InChI=1S/C40H44F2N2O7/c1-39(2,3)51-38(47)43-19-18-32(27-8-6-7-26(21-27)25-10-15-31(16-11-25)49-36-9-4-5-20-48-36)33(24-43)37(46)44(29-12-13-29)30-14-17-34-28(22-30)23-35(45)40(41,42)50-34/h6-8,10-11,14-17,21-22,29,32-33,36H,4-5,9,12-13,18-20,23-24H2,1-3H3/t32-,33+,36?/m1/s1. The van der Waals surface area contributed by atoms with Crippen LogP contribution < -0.4 is 14.4 Å². The van der Waals surface area contributed by atoms with Gasteiger partial charge in [0.1, 0.15) is 17.1 Å². The summed E-state index contributed by atoms with van der Waals surface area (Å²) in [6.07, 6.45) is 0.0283. The van der Waals surface area contributed by atoms with Gasteiger partial charge in [0.2, 0.25) is 11.7 Å². The molecule has 1 unspecified atom stereocenters. The van der Waals surface area contributed by atoms with E-state index >= 15 is 0 Å². The van der Waals surface area contributed by atoms with Crippen molar-refractivity contribution in [2.24, 2.45) is 5.92 Å². The Kier molecular flexibility index (Phi) is 9.52. The maximum atomic E-state index is 14.8. The maximum absolute atomic E-state index is 14.8. The number of alkyl halides is 2. The first-order valence-electron chi connectivity index (χ1n) is 17.9. The molecule has 51 heavy (non-hydrogen) atoms. The highest BCUT2D eigenvalue weighted by Gasteiger charge is 2.47. The molecule has 2 amide bonds. The Balaban J connectivity index is 1.17. The summed E-state index contributed by atoms with van der Waals surface area (Å²) in [4.78, 5) is 43.5. The largest absolute Gasteiger partial charge is 0.465 e. The van der Waals surface area contributed by atoms with E-state index in [0.29, 0.717) is 30.8 Å². The van der Waals surface area contributed by atoms with Crippen LogP contribution in [0.25, 0.3) is 11.1 Å². The van der Waals surface area contributed by atoms with Gasteiger partial charge in [-0.25, -0.2) is 4.79 Å². The molecule has 11 heteroatoms. The summed E-state index contributed by atoms with van der Waals surface area (Å²) in [6, 6.07) is 20.6. The number of hydrogen-bond donors (Lipinski definition) is 0. The Morgan fingerprint density at radius 1 is 0.941 bits per heavy atom. The number of hydrogen-bond acceptors (Lipinski definition) is 7. The molecular formula is C40H44F2N2O7. The van der Waals surface area contributed by atoms with Gasteiger partial charge in [0, 0.05) is 43.2 Å². The number of Topliss-reactive ketones (excluding diaryl/α,β-unsaturated/α-hetero) is 1. The molecule has 3 fully saturated rings. The van der Waals surface area contributed by atoms with E-state index in [9.17, 15) is 23.2 Å². The third kappa shape index (κ3) is 7.88. The number of piperidine rings is 1. The summed E-state index contributed by atoms with van der Waals surface area (Å²) in [5, 5.41) is 0. The highest BCUT2D eigenvalue weighted by molar-refractivity contribution is 5.98. The molecule has 3 aromatic carbocycles. The summed E-state index contributed by atoms with van der Waals surface area (Å²) in [5.41, 5.74) is 3.10. The summed E-state index contributed by atoms with van der Waals surface area (Å²) in [6.45, 7) is 6.70. The second kappa shape index (κ2) is 13.9. The zero-order valence-electron chi connectivity index (χ0n) is 29.2. The van der Waals surface area contributed by atoms with Crippen molar-refractivity contribution in [2.75, 3.05) is 24.6 Å². The molecule has 7 rings (SSSR count). The van der Waals surface area contributed by atoms with Crippen molar-refractivity contribution in [3.63, 3.8) is 0 Å². The fourth-order valence-electron chi connectivity index (χ4n) is 7.18. The molecule has 0 bridgehead atoms. The lowest BCUT2D eigenvalue weighted by atomic mass is 9.78. The van der Waals surface area contributed by atoms with Crippen molar-refractivity contribution in [3.8, 4) is 22.6 Å². The van der Waals surface area contributed by atoms with E-state index in [1.165, 1.54) is 6.07 Å². The lowest BCUT2D eigenvalue weighted by Crippen LogP contribution is -2.51. The Labute approximate surface area is 296 Å². The SMILES string of the molecule is CC(C)(C)OC(=O)N1CC[C@H](c2cccc(-c3ccc(OC4CCCCO4)cc3)c2)[C@@H](C(=O)N(c2ccc3c(c2)CC(=O)C(F)(F)O3)C2CC2)C1. The highest BCUT2D eigenvalue weighted by Crippen LogP contribution is 2.42. The lowest BCUT2D eigenvalue weighted by Gasteiger charge is -2.40. The molecule has 3 atom stereocenters. The number of halogens is 2. The summed E-state index contributed by atoms with van der Waals surface area (Å²) in [5.74, 6) is -1.65. The molecule has 0 spiro atoms. The van der Waals surface area contributed by atoms with E-state index in [1.807, 2.05) is 63.2 Å². The number of nitrogens with zero attached hydrogens (tertiary/aromatic N) is 2. The first-order chi connectivity index (χ1) is 24.3. The number of ketones is 1. The van der Waals surface area contributed by atoms with Gasteiger partial charge in [0.25, 0.3) is 0 Å². The van der Waals surface area contributed by atoms with Gasteiger partial charge in [-0.05, 0) is 106 Å². The number of rotatable bonds is 7. The lowest BCUT2D eigenvalue weighted by molar-refractivity contribution is -0.193. The normalized spacial score (nSPS) is 23.1. The van der Waals surface area contributed by atoms with Gasteiger partial charge < -0.3 is 28.7 Å².